The molecule has 5 aliphatic heterocycles. The number of fused-ring (bicyclic) bond motifs is 8. The van der Waals surface area contributed by atoms with Crippen LogP contribution in [0.5, 0.6) is 5.75 Å². The smallest absolute Gasteiger partial charge is 0.258 e. The van der Waals surface area contributed by atoms with E-state index in [1.54, 1.807) is 69.7 Å². The number of hydrogen-bond acceptors (Lipinski definition) is 20. The Morgan fingerprint density at radius 1 is 0.379 bits per heavy atom. The molecular weight excluding hydrogens is 1490 g/mol. The molecule has 594 valence electrons. The Bertz CT molecular complexity index is 6550. The Morgan fingerprint density at radius 3 is 1.15 bits per heavy atom. The molecule has 20 rings (SSSR count). The number of benzene rings is 1. The molecule has 19 heterocycles. The highest BCUT2D eigenvalue weighted by molar-refractivity contribution is 5.69. The van der Waals surface area contributed by atoms with E-state index in [9.17, 15) is 36.7 Å². The van der Waals surface area contributed by atoms with Crippen molar-refractivity contribution < 1.29 is 22.3 Å². The molecule has 0 aliphatic carbocycles. The lowest BCUT2D eigenvalue weighted by Crippen LogP contribution is -2.54. The molecule has 5 saturated heterocycles. The van der Waals surface area contributed by atoms with Crippen LogP contribution >= 0.6 is 0 Å². The van der Waals surface area contributed by atoms with E-state index in [2.05, 4.69) is 96.2 Å². The van der Waals surface area contributed by atoms with Gasteiger partial charge in [0.05, 0.1) is 69.7 Å². The highest BCUT2D eigenvalue weighted by atomic mass is 19.1. The molecule has 14 aromatic heterocycles. The fourth-order valence-corrected chi connectivity index (χ4v) is 16.3. The van der Waals surface area contributed by atoms with Crippen LogP contribution in [0.15, 0.2) is 190 Å². The van der Waals surface area contributed by atoms with E-state index < -0.39 is 23.3 Å². The zero-order valence-corrected chi connectivity index (χ0v) is 65.1. The van der Waals surface area contributed by atoms with Gasteiger partial charge in [-0.1, -0.05) is 0 Å². The van der Waals surface area contributed by atoms with Crippen LogP contribution < -0.4 is 62.5 Å². The SMILES string of the molecule is COc1ccc(-c2cc(=O)n3cc(N4C[C@H]5CNC[C@H]5C4)ccc3n2)cc1F.Cc1cn2cc(-c3cc(=O)n4cc(N5CCCN(C)CC5)ccc4n3)cc(F)c2n1.Cc1cn2cc(-c3cc(=O)n4cc(N5CCNCC5)ccc4n3)cc(F)c2n1.Cc1cn2cc(-c3cc(=O)n4cc(N5C[C@@H](C)N[C@@H](C)C5)ccc4n3)cc(F)c2n1. The summed E-state index contributed by atoms with van der Waals surface area (Å²) in [6.07, 6.45) is 18.9. The topological polar surface area (TPSA) is 251 Å². The van der Waals surface area contributed by atoms with Crippen LogP contribution in [-0.2, 0) is 0 Å². The third-order valence-electron chi connectivity index (χ3n) is 22.0. The van der Waals surface area contributed by atoms with Crippen LogP contribution in [0.25, 0.3) is 84.6 Å². The second-order valence-corrected chi connectivity index (χ2v) is 30.6. The van der Waals surface area contributed by atoms with Gasteiger partial charge < -0.3 is 58.4 Å². The van der Waals surface area contributed by atoms with Gasteiger partial charge in [-0.05, 0) is 151 Å². The van der Waals surface area contributed by atoms with Crippen molar-refractivity contribution in [3.63, 3.8) is 0 Å². The summed E-state index contributed by atoms with van der Waals surface area (Å²) in [5.41, 5.74) is 12.3. The first-order chi connectivity index (χ1) is 56.0. The Balaban J connectivity index is 0.000000111. The molecule has 5 aliphatic rings. The Morgan fingerprint density at radius 2 is 0.750 bits per heavy atom. The van der Waals surface area contributed by atoms with Crippen LogP contribution in [0.3, 0.4) is 0 Å². The third kappa shape index (κ3) is 15.6. The van der Waals surface area contributed by atoms with Crippen LogP contribution in [-0.4, -0.2) is 188 Å². The van der Waals surface area contributed by atoms with Crippen LogP contribution in [0, 0.1) is 55.9 Å². The molecule has 0 unspecified atom stereocenters. The molecule has 116 heavy (non-hydrogen) atoms. The fraction of sp³-hybridized carbons (Fsp3) is 0.306. The minimum Gasteiger partial charge on any atom is -0.494 e. The molecule has 0 saturated carbocycles. The lowest BCUT2D eigenvalue weighted by molar-refractivity contribution is 0.360. The quantitative estimate of drug-likeness (QED) is 0.114. The lowest BCUT2D eigenvalue weighted by Gasteiger charge is -2.37. The highest BCUT2D eigenvalue weighted by Crippen LogP contribution is 2.33. The molecule has 0 radical (unpaired) electrons. The summed E-state index contributed by atoms with van der Waals surface area (Å²) < 4.78 is 73.4. The minimum atomic E-state index is -0.480. The summed E-state index contributed by atoms with van der Waals surface area (Å²) in [5, 5.41) is 10.3. The molecule has 31 heteroatoms. The van der Waals surface area contributed by atoms with Crippen molar-refractivity contribution in [1.82, 2.24) is 86.5 Å². The molecule has 0 amide bonds. The molecule has 3 N–H and O–H groups in total. The van der Waals surface area contributed by atoms with E-state index in [0.29, 0.717) is 91.5 Å². The van der Waals surface area contributed by atoms with E-state index >= 15 is 0 Å². The van der Waals surface area contributed by atoms with Gasteiger partial charge in [0.1, 0.15) is 22.6 Å². The van der Waals surface area contributed by atoms with Gasteiger partial charge in [0.25, 0.3) is 22.2 Å². The van der Waals surface area contributed by atoms with E-state index in [1.807, 2.05) is 94.1 Å². The third-order valence-corrected chi connectivity index (χ3v) is 22.0. The maximum Gasteiger partial charge on any atom is 0.258 e. The standard InChI is InChI=1S/2C22H23FN6O.C21H21FN4O2.C20H19FN6O/c1-13-8-27(9-14(2)24-13)17-4-5-20-26-19(7-21(30)29(20)12-17)16-6-18(23)22-25-15(3)10-28(22)11-16;1-15-12-28-13-16(10-18(23)22(28)24-15)19-11-21(30)29-14-17(4-5-20(29)25-19)27-7-3-6-26(2)8-9-27;1-28-19-4-2-13(6-17(19)22)18-7-21(27)26-12-16(3-5-20(26)24-18)25-10-14-8-23-9-15(14)11-25;1-13-10-26-11-14(8-16(21)20(26)23-13)17-9-19(28)27-12-15(2-3-18(27)24-17)25-6-4-22-5-7-25/h4-7,10-14,24H,8-9H2,1-3H3;4-5,10-14H,3,6-9H2,1-2H3;2-7,12,14-15,23H,8-11H2,1H3;2-3,8-12,22H,4-7H2,1H3/t13-,14+;;14-,15+;. The van der Waals surface area contributed by atoms with Crippen molar-refractivity contribution in [3.8, 4) is 50.8 Å². The number of anilines is 4. The summed E-state index contributed by atoms with van der Waals surface area (Å²) >= 11 is 0. The van der Waals surface area contributed by atoms with Crippen molar-refractivity contribution >= 4 is 62.3 Å². The second kappa shape index (κ2) is 31.6. The summed E-state index contributed by atoms with van der Waals surface area (Å²) in [4.78, 5) is 93.5. The first-order valence-electron chi connectivity index (χ1n) is 38.8. The molecule has 0 spiro atoms. The maximum absolute atomic E-state index is 14.5. The van der Waals surface area contributed by atoms with Crippen molar-refractivity contribution in [2.75, 3.05) is 125 Å². The minimum absolute atomic E-state index is 0.163. The van der Waals surface area contributed by atoms with Crippen LogP contribution in [0.1, 0.15) is 37.4 Å². The van der Waals surface area contributed by atoms with Gasteiger partial charge >= 0.3 is 0 Å². The van der Waals surface area contributed by atoms with E-state index in [-0.39, 0.29) is 44.9 Å². The molecule has 27 nitrogen and oxygen atoms in total. The average Bonchev–Trinajstić information content (AvgIpc) is 1.76. The second-order valence-electron chi connectivity index (χ2n) is 30.6. The first kappa shape index (κ1) is 75.9. The molecule has 0 bridgehead atoms. The highest BCUT2D eigenvalue weighted by Gasteiger charge is 2.36. The van der Waals surface area contributed by atoms with Crippen LogP contribution in [0.2, 0.25) is 0 Å². The summed E-state index contributed by atoms with van der Waals surface area (Å²) in [6.45, 7) is 23.2. The predicted molar refractivity (Wildman–Crippen MR) is 440 cm³/mol. The number of hydrogen-bond donors (Lipinski definition) is 3. The normalized spacial score (nSPS) is 17.9. The van der Waals surface area contributed by atoms with Crippen molar-refractivity contribution in [1.29, 1.82) is 0 Å². The van der Waals surface area contributed by atoms with E-state index in [4.69, 9.17) is 4.74 Å². The van der Waals surface area contributed by atoms with Gasteiger partial charge in [-0.15, -0.1) is 0 Å². The number of rotatable bonds is 9. The lowest BCUT2D eigenvalue weighted by atomic mass is 10.0. The van der Waals surface area contributed by atoms with Gasteiger partial charge in [-0.3, -0.25) is 36.8 Å². The summed E-state index contributed by atoms with van der Waals surface area (Å²) in [5.74, 6) is -0.288. The maximum atomic E-state index is 14.5. The Hall–Kier alpha value is -12.7. The number of nitrogens with one attached hydrogen (secondary N) is 3. The number of nitrogens with zero attached hydrogens (tertiary/aromatic N) is 19. The largest absolute Gasteiger partial charge is 0.494 e. The van der Waals surface area contributed by atoms with Crippen LogP contribution in [0.4, 0.5) is 40.3 Å². The molecule has 5 fully saturated rings. The number of aromatic nitrogens is 14. The fourth-order valence-electron chi connectivity index (χ4n) is 16.3. The average molecular weight is 1570 g/mol. The van der Waals surface area contributed by atoms with Crippen molar-refractivity contribution in [3.05, 3.63) is 253 Å². The summed E-state index contributed by atoms with van der Waals surface area (Å²) in [6, 6.07) is 30.6. The number of ether oxygens (including phenoxy) is 1. The van der Waals surface area contributed by atoms with Crippen molar-refractivity contribution in [2.24, 2.45) is 11.8 Å². The zero-order valence-electron chi connectivity index (χ0n) is 65.1. The van der Waals surface area contributed by atoms with E-state index in [0.717, 1.165) is 138 Å². The number of methoxy groups -OCH3 is 1. The molecule has 15 aromatic rings. The molecule has 4 atom stereocenters. The first-order valence-corrected chi connectivity index (χ1v) is 38.8. The van der Waals surface area contributed by atoms with Gasteiger partial charge in [0.15, 0.2) is 46.0 Å². The number of likely N-dealkylation sites (N-methyl/N-ethyl adjacent to an activating group) is 1. The summed E-state index contributed by atoms with van der Waals surface area (Å²) in [7, 11) is 3.55. The number of aryl methyl sites for hydroxylation is 3. The number of halogens is 4. The zero-order chi connectivity index (χ0) is 80.3. The number of piperazine rings is 2. The van der Waals surface area contributed by atoms with Gasteiger partial charge in [0, 0.05) is 206 Å². The Kier molecular flexibility index (Phi) is 20.7. The van der Waals surface area contributed by atoms with Gasteiger partial charge in [-0.2, -0.15) is 0 Å². The number of pyridine rings is 7. The van der Waals surface area contributed by atoms with Gasteiger partial charge in [0.2, 0.25) is 0 Å². The number of imidazole rings is 3. The Labute approximate surface area is 662 Å². The molecular formula is C85H86F4N22O5. The van der Waals surface area contributed by atoms with Gasteiger partial charge in [-0.25, -0.2) is 52.4 Å². The molecule has 1 aromatic carbocycles. The van der Waals surface area contributed by atoms with E-state index in [1.165, 1.54) is 66.1 Å². The monoisotopic (exact) mass is 1570 g/mol. The predicted octanol–water partition coefficient (Wildman–Crippen LogP) is 9.27. The van der Waals surface area contributed by atoms with Crippen molar-refractivity contribution in [2.45, 2.75) is 53.1 Å².